The Bertz CT molecular complexity index is 751. The second-order valence-electron chi connectivity index (χ2n) is 4.45. The minimum absolute atomic E-state index is 0.677. The number of aliphatic hydroxyl groups is 1. The number of hydrogen-bond donors (Lipinski definition) is 1. The van der Waals surface area contributed by atoms with E-state index in [1.54, 1.807) is 13.2 Å². The molecule has 0 bridgehead atoms. The third kappa shape index (κ3) is 2.29. The minimum atomic E-state index is -0.677. The van der Waals surface area contributed by atoms with Crippen LogP contribution in [0.5, 0.6) is 5.75 Å². The Hall–Kier alpha value is -1.55. The summed E-state index contributed by atoms with van der Waals surface area (Å²) in [6.07, 6.45) is -0.677. The van der Waals surface area contributed by atoms with Crippen LogP contribution in [0.15, 0.2) is 48.5 Å². The average Bonchev–Trinajstić information content (AvgIpc) is 2.92. The molecular formula is C16H13ClO2S. The zero-order valence-electron chi connectivity index (χ0n) is 10.8. The molecule has 0 aliphatic heterocycles. The Labute approximate surface area is 126 Å². The number of benzene rings is 2. The number of thiophene rings is 1. The second-order valence-corrected chi connectivity index (χ2v) is 6.19. The Morgan fingerprint density at radius 2 is 1.80 bits per heavy atom. The molecule has 1 N–H and O–H groups in total. The molecule has 1 heterocycles. The van der Waals surface area contributed by atoms with Crippen molar-refractivity contribution in [2.75, 3.05) is 7.11 Å². The summed E-state index contributed by atoms with van der Waals surface area (Å²) in [6.45, 7) is 0. The standard InChI is InChI=1S/C16H13ClO2S/c1-19-13-7-6-12(10-4-2-3-5-11(10)13)16(18)14-8-9-15(17)20-14/h2-9,16,18H,1H3. The predicted molar refractivity (Wildman–Crippen MR) is 83.9 cm³/mol. The van der Waals surface area contributed by atoms with Gasteiger partial charge in [0, 0.05) is 10.3 Å². The van der Waals surface area contributed by atoms with Gasteiger partial charge in [-0.05, 0) is 29.1 Å². The van der Waals surface area contributed by atoms with E-state index in [-0.39, 0.29) is 0 Å². The first-order valence-electron chi connectivity index (χ1n) is 6.19. The van der Waals surface area contributed by atoms with Gasteiger partial charge in [0.1, 0.15) is 11.9 Å². The molecule has 2 aromatic carbocycles. The summed E-state index contributed by atoms with van der Waals surface area (Å²) < 4.78 is 6.05. The van der Waals surface area contributed by atoms with Gasteiger partial charge in [0.05, 0.1) is 11.4 Å². The molecule has 102 valence electrons. The molecule has 3 rings (SSSR count). The number of fused-ring (bicyclic) bond motifs is 1. The van der Waals surface area contributed by atoms with Crippen molar-refractivity contribution >= 4 is 33.7 Å². The number of hydrogen-bond acceptors (Lipinski definition) is 3. The second kappa shape index (κ2) is 5.44. The van der Waals surface area contributed by atoms with Crippen LogP contribution in [0, 0.1) is 0 Å². The molecule has 0 fully saturated rings. The van der Waals surface area contributed by atoms with E-state index in [9.17, 15) is 5.11 Å². The van der Waals surface area contributed by atoms with Crippen molar-refractivity contribution in [1.29, 1.82) is 0 Å². The van der Waals surface area contributed by atoms with E-state index >= 15 is 0 Å². The van der Waals surface area contributed by atoms with Gasteiger partial charge in [0.15, 0.2) is 0 Å². The SMILES string of the molecule is COc1ccc(C(O)c2ccc(Cl)s2)c2ccccc12. The molecule has 20 heavy (non-hydrogen) atoms. The highest BCUT2D eigenvalue weighted by molar-refractivity contribution is 7.16. The lowest BCUT2D eigenvalue weighted by molar-refractivity contribution is 0.225. The van der Waals surface area contributed by atoms with E-state index in [2.05, 4.69) is 0 Å². The highest BCUT2D eigenvalue weighted by Crippen LogP contribution is 2.36. The summed E-state index contributed by atoms with van der Waals surface area (Å²) in [5, 5.41) is 12.6. The van der Waals surface area contributed by atoms with E-state index < -0.39 is 6.10 Å². The highest BCUT2D eigenvalue weighted by atomic mass is 35.5. The lowest BCUT2D eigenvalue weighted by Gasteiger charge is -2.14. The van der Waals surface area contributed by atoms with Crippen LogP contribution in [0.3, 0.4) is 0 Å². The number of aliphatic hydroxyl groups excluding tert-OH is 1. The molecule has 2 nitrogen and oxygen atoms in total. The third-order valence-electron chi connectivity index (χ3n) is 3.30. The van der Waals surface area contributed by atoms with E-state index in [4.69, 9.17) is 16.3 Å². The summed E-state index contributed by atoms with van der Waals surface area (Å²) in [5.41, 5.74) is 0.861. The minimum Gasteiger partial charge on any atom is -0.496 e. The molecule has 1 aromatic heterocycles. The molecule has 0 aliphatic carbocycles. The van der Waals surface area contributed by atoms with Gasteiger partial charge in [0.25, 0.3) is 0 Å². The number of ether oxygens (including phenoxy) is 1. The summed E-state index contributed by atoms with van der Waals surface area (Å²) >= 11 is 7.34. The van der Waals surface area contributed by atoms with Gasteiger partial charge in [-0.1, -0.05) is 41.9 Å². The van der Waals surface area contributed by atoms with Crippen LogP contribution in [-0.4, -0.2) is 12.2 Å². The van der Waals surface area contributed by atoms with Gasteiger partial charge < -0.3 is 9.84 Å². The largest absolute Gasteiger partial charge is 0.496 e. The van der Waals surface area contributed by atoms with Gasteiger partial charge in [0.2, 0.25) is 0 Å². The first kappa shape index (κ1) is 13.4. The lowest BCUT2D eigenvalue weighted by atomic mass is 9.99. The number of methoxy groups -OCH3 is 1. The molecule has 0 radical (unpaired) electrons. The maximum atomic E-state index is 10.6. The third-order valence-corrected chi connectivity index (χ3v) is 4.58. The fraction of sp³-hybridized carbons (Fsp3) is 0.125. The van der Waals surface area contributed by atoms with Crippen molar-refractivity contribution < 1.29 is 9.84 Å². The summed E-state index contributed by atoms with van der Waals surface area (Å²) in [6, 6.07) is 15.3. The van der Waals surface area contributed by atoms with Crippen molar-refractivity contribution in [3.8, 4) is 5.75 Å². The van der Waals surface area contributed by atoms with E-state index in [1.807, 2.05) is 42.5 Å². The Morgan fingerprint density at radius 3 is 2.45 bits per heavy atom. The Morgan fingerprint density at radius 1 is 1.05 bits per heavy atom. The zero-order valence-corrected chi connectivity index (χ0v) is 12.4. The molecule has 0 saturated carbocycles. The van der Waals surface area contributed by atoms with Crippen molar-refractivity contribution in [2.24, 2.45) is 0 Å². The van der Waals surface area contributed by atoms with Crippen molar-refractivity contribution in [2.45, 2.75) is 6.10 Å². The van der Waals surface area contributed by atoms with Crippen LogP contribution >= 0.6 is 22.9 Å². The van der Waals surface area contributed by atoms with E-state index in [0.717, 1.165) is 27.0 Å². The van der Waals surface area contributed by atoms with Gasteiger partial charge >= 0.3 is 0 Å². The highest BCUT2D eigenvalue weighted by Gasteiger charge is 2.16. The van der Waals surface area contributed by atoms with Crippen molar-refractivity contribution in [3.05, 3.63) is 63.3 Å². The van der Waals surface area contributed by atoms with Gasteiger partial charge in [-0.25, -0.2) is 0 Å². The van der Waals surface area contributed by atoms with Crippen LogP contribution in [0.1, 0.15) is 16.5 Å². The topological polar surface area (TPSA) is 29.5 Å². The molecule has 0 saturated heterocycles. The summed E-state index contributed by atoms with van der Waals surface area (Å²) in [5.74, 6) is 0.806. The maximum absolute atomic E-state index is 10.6. The first-order chi connectivity index (χ1) is 9.70. The smallest absolute Gasteiger partial charge is 0.126 e. The molecule has 0 spiro atoms. The van der Waals surface area contributed by atoms with Crippen LogP contribution in [0.4, 0.5) is 0 Å². The Kier molecular flexibility index (Phi) is 3.66. The van der Waals surface area contributed by atoms with Crippen LogP contribution < -0.4 is 4.74 Å². The van der Waals surface area contributed by atoms with Crippen LogP contribution in [0.25, 0.3) is 10.8 Å². The van der Waals surface area contributed by atoms with Gasteiger partial charge in [-0.15, -0.1) is 11.3 Å². The lowest BCUT2D eigenvalue weighted by Crippen LogP contribution is -1.99. The van der Waals surface area contributed by atoms with Gasteiger partial charge in [-0.3, -0.25) is 0 Å². The molecule has 0 aliphatic rings. The fourth-order valence-corrected chi connectivity index (χ4v) is 3.41. The van der Waals surface area contributed by atoms with Crippen molar-refractivity contribution in [1.82, 2.24) is 0 Å². The Balaban J connectivity index is 2.17. The number of halogens is 1. The summed E-state index contributed by atoms with van der Waals surface area (Å²) in [7, 11) is 1.65. The molecule has 4 heteroatoms. The summed E-state index contributed by atoms with van der Waals surface area (Å²) in [4.78, 5) is 0.838. The van der Waals surface area contributed by atoms with E-state index in [1.165, 1.54) is 11.3 Å². The molecule has 0 amide bonds. The van der Waals surface area contributed by atoms with Gasteiger partial charge in [-0.2, -0.15) is 0 Å². The maximum Gasteiger partial charge on any atom is 0.126 e. The zero-order chi connectivity index (χ0) is 14.1. The van der Waals surface area contributed by atoms with Crippen LogP contribution in [-0.2, 0) is 0 Å². The first-order valence-corrected chi connectivity index (χ1v) is 7.39. The molecule has 1 atom stereocenters. The fourth-order valence-electron chi connectivity index (χ4n) is 2.34. The number of rotatable bonds is 3. The predicted octanol–water partition coefficient (Wildman–Crippen LogP) is 4.65. The molecule has 3 aromatic rings. The van der Waals surface area contributed by atoms with E-state index in [0.29, 0.717) is 4.34 Å². The average molecular weight is 305 g/mol. The molecule has 1 unspecified atom stereocenters. The monoisotopic (exact) mass is 304 g/mol. The normalized spacial score (nSPS) is 12.6. The quantitative estimate of drug-likeness (QED) is 0.763. The molecular weight excluding hydrogens is 292 g/mol. The van der Waals surface area contributed by atoms with Crippen molar-refractivity contribution in [3.63, 3.8) is 0 Å². The van der Waals surface area contributed by atoms with Crippen LogP contribution in [0.2, 0.25) is 4.34 Å².